The van der Waals surface area contributed by atoms with Crippen LogP contribution in [0, 0.1) is 11.8 Å². The summed E-state index contributed by atoms with van der Waals surface area (Å²) < 4.78 is 5.29. The second-order valence-corrected chi connectivity index (χ2v) is 5.43. The van der Waals surface area contributed by atoms with Crippen LogP contribution in [0.25, 0.3) is 0 Å². The van der Waals surface area contributed by atoms with Gasteiger partial charge < -0.3 is 10.1 Å². The van der Waals surface area contributed by atoms with E-state index in [4.69, 9.17) is 4.74 Å². The van der Waals surface area contributed by atoms with E-state index in [0.717, 1.165) is 12.3 Å². The Balaban J connectivity index is 2.28. The standard InChI is InChI=1S/C13H25NO2/c1-9(2)16-8-13(15)14-12-6-5-10(3)7-11(12)4/h9-12H,5-8H2,1-4H3,(H,14,15). The number of rotatable bonds is 4. The zero-order valence-electron chi connectivity index (χ0n) is 11.0. The van der Waals surface area contributed by atoms with Crippen LogP contribution in [-0.2, 0) is 9.53 Å². The molecule has 1 amide bonds. The lowest BCUT2D eigenvalue weighted by Crippen LogP contribution is -2.44. The molecule has 0 spiro atoms. The predicted octanol–water partition coefficient (Wildman–Crippen LogP) is 2.35. The highest BCUT2D eigenvalue weighted by molar-refractivity contribution is 5.77. The second-order valence-electron chi connectivity index (χ2n) is 5.43. The third-order valence-corrected chi connectivity index (χ3v) is 3.33. The SMILES string of the molecule is CC1CCC(NC(=O)COC(C)C)C(C)C1. The molecule has 1 aliphatic carbocycles. The van der Waals surface area contributed by atoms with Gasteiger partial charge in [0, 0.05) is 6.04 Å². The van der Waals surface area contributed by atoms with Crippen molar-refractivity contribution in [3.05, 3.63) is 0 Å². The van der Waals surface area contributed by atoms with Crippen molar-refractivity contribution in [2.45, 2.75) is 59.1 Å². The molecule has 0 aromatic heterocycles. The van der Waals surface area contributed by atoms with Gasteiger partial charge in [0.2, 0.25) is 5.91 Å². The fourth-order valence-electron chi connectivity index (χ4n) is 2.37. The van der Waals surface area contributed by atoms with Crippen molar-refractivity contribution < 1.29 is 9.53 Å². The maximum Gasteiger partial charge on any atom is 0.246 e. The van der Waals surface area contributed by atoms with E-state index < -0.39 is 0 Å². The Kier molecular flexibility index (Phi) is 5.26. The summed E-state index contributed by atoms with van der Waals surface area (Å²) in [6, 6.07) is 0.347. The number of hydrogen-bond donors (Lipinski definition) is 1. The number of carbonyl (C=O) groups excluding carboxylic acids is 1. The van der Waals surface area contributed by atoms with E-state index in [-0.39, 0.29) is 18.6 Å². The highest BCUT2D eigenvalue weighted by Crippen LogP contribution is 2.28. The monoisotopic (exact) mass is 227 g/mol. The Hall–Kier alpha value is -0.570. The fourth-order valence-corrected chi connectivity index (χ4v) is 2.37. The normalized spacial score (nSPS) is 30.4. The summed E-state index contributed by atoms with van der Waals surface area (Å²) in [7, 11) is 0. The molecule has 1 rings (SSSR count). The summed E-state index contributed by atoms with van der Waals surface area (Å²) in [5.41, 5.74) is 0. The average Bonchev–Trinajstić information content (AvgIpc) is 2.19. The second kappa shape index (κ2) is 6.24. The maximum atomic E-state index is 11.6. The van der Waals surface area contributed by atoms with E-state index in [1.54, 1.807) is 0 Å². The van der Waals surface area contributed by atoms with E-state index in [2.05, 4.69) is 19.2 Å². The Morgan fingerprint density at radius 2 is 2.06 bits per heavy atom. The molecule has 0 aromatic rings. The third-order valence-electron chi connectivity index (χ3n) is 3.33. The minimum atomic E-state index is 0.0279. The molecule has 1 saturated carbocycles. The molecular formula is C13H25NO2. The van der Waals surface area contributed by atoms with Crippen molar-refractivity contribution in [3.63, 3.8) is 0 Å². The molecule has 1 aliphatic rings. The van der Waals surface area contributed by atoms with Crippen LogP contribution in [0.3, 0.4) is 0 Å². The smallest absolute Gasteiger partial charge is 0.246 e. The van der Waals surface area contributed by atoms with Crippen molar-refractivity contribution in [2.24, 2.45) is 11.8 Å². The first-order chi connectivity index (χ1) is 7.49. The van der Waals surface area contributed by atoms with Gasteiger partial charge in [0.15, 0.2) is 0 Å². The molecule has 1 fully saturated rings. The van der Waals surface area contributed by atoms with Crippen LogP contribution < -0.4 is 5.32 Å². The van der Waals surface area contributed by atoms with Crippen molar-refractivity contribution in [1.29, 1.82) is 0 Å². The molecular weight excluding hydrogens is 202 g/mol. The summed E-state index contributed by atoms with van der Waals surface area (Å²) in [6.45, 7) is 8.59. The maximum absolute atomic E-state index is 11.6. The van der Waals surface area contributed by atoms with Gasteiger partial charge >= 0.3 is 0 Å². The number of nitrogens with one attached hydrogen (secondary N) is 1. The first-order valence-corrected chi connectivity index (χ1v) is 6.40. The van der Waals surface area contributed by atoms with Crippen LogP contribution in [0.1, 0.15) is 47.0 Å². The van der Waals surface area contributed by atoms with Crippen LogP contribution in [0.4, 0.5) is 0 Å². The predicted molar refractivity (Wildman–Crippen MR) is 65.2 cm³/mol. The Morgan fingerprint density at radius 1 is 1.38 bits per heavy atom. The van der Waals surface area contributed by atoms with Gasteiger partial charge in [-0.15, -0.1) is 0 Å². The van der Waals surface area contributed by atoms with Crippen LogP contribution in [-0.4, -0.2) is 24.7 Å². The lowest BCUT2D eigenvalue weighted by molar-refractivity contribution is -0.128. The van der Waals surface area contributed by atoms with Gasteiger partial charge in [0.1, 0.15) is 6.61 Å². The minimum absolute atomic E-state index is 0.0279. The van der Waals surface area contributed by atoms with E-state index >= 15 is 0 Å². The number of carbonyl (C=O) groups is 1. The highest BCUT2D eigenvalue weighted by atomic mass is 16.5. The number of ether oxygens (including phenoxy) is 1. The molecule has 3 nitrogen and oxygen atoms in total. The third kappa shape index (κ3) is 4.52. The molecule has 3 unspecified atom stereocenters. The Labute approximate surface area is 98.9 Å². The molecule has 0 radical (unpaired) electrons. The molecule has 94 valence electrons. The molecule has 0 bridgehead atoms. The molecule has 1 N–H and O–H groups in total. The van der Waals surface area contributed by atoms with E-state index in [1.165, 1.54) is 12.8 Å². The minimum Gasteiger partial charge on any atom is -0.369 e. The summed E-state index contributed by atoms with van der Waals surface area (Å²) in [6.07, 6.45) is 3.67. The van der Waals surface area contributed by atoms with Gasteiger partial charge in [0.05, 0.1) is 6.10 Å². The van der Waals surface area contributed by atoms with Crippen molar-refractivity contribution in [2.75, 3.05) is 6.61 Å². The quantitative estimate of drug-likeness (QED) is 0.800. The average molecular weight is 227 g/mol. The molecule has 16 heavy (non-hydrogen) atoms. The van der Waals surface area contributed by atoms with Crippen LogP contribution in [0.2, 0.25) is 0 Å². The van der Waals surface area contributed by atoms with Crippen LogP contribution >= 0.6 is 0 Å². The Morgan fingerprint density at radius 3 is 2.62 bits per heavy atom. The van der Waals surface area contributed by atoms with Gasteiger partial charge in [-0.2, -0.15) is 0 Å². The lowest BCUT2D eigenvalue weighted by Gasteiger charge is -2.33. The Bertz CT molecular complexity index is 228. The number of amides is 1. The first kappa shape index (κ1) is 13.5. The molecule has 3 heteroatoms. The zero-order chi connectivity index (χ0) is 12.1. The summed E-state index contributed by atoms with van der Waals surface area (Å²) in [5, 5.41) is 3.08. The van der Waals surface area contributed by atoms with Crippen LogP contribution in [0.5, 0.6) is 0 Å². The van der Waals surface area contributed by atoms with Crippen molar-refractivity contribution in [3.8, 4) is 0 Å². The largest absolute Gasteiger partial charge is 0.369 e. The first-order valence-electron chi connectivity index (χ1n) is 6.40. The zero-order valence-corrected chi connectivity index (χ0v) is 11.0. The molecule has 0 saturated heterocycles. The van der Waals surface area contributed by atoms with Gasteiger partial charge in [-0.05, 0) is 44.9 Å². The summed E-state index contributed by atoms with van der Waals surface area (Å²) in [4.78, 5) is 11.6. The molecule has 3 atom stereocenters. The van der Waals surface area contributed by atoms with Crippen molar-refractivity contribution >= 4 is 5.91 Å². The van der Waals surface area contributed by atoms with E-state index in [0.29, 0.717) is 12.0 Å². The lowest BCUT2D eigenvalue weighted by atomic mass is 9.80. The van der Waals surface area contributed by atoms with Gasteiger partial charge in [-0.25, -0.2) is 0 Å². The van der Waals surface area contributed by atoms with Gasteiger partial charge in [0.25, 0.3) is 0 Å². The number of hydrogen-bond acceptors (Lipinski definition) is 2. The van der Waals surface area contributed by atoms with Gasteiger partial charge in [-0.3, -0.25) is 4.79 Å². The van der Waals surface area contributed by atoms with Crippen LogP contribution in [0.15, 0.2) is 0 Å². The molecule has 0 heterocycles. The van der Waals surface area contributed by atoms with Crippen molar-refractivity contribution in [1.82, 2.24) is 5.32 Å². The summed E-state index contributed by atoms with van der Waals surface area (Å²) in [5.74, 6) is 1.42. The highest BCUT2D eigenvalue weighted by Gasteiger charge is 2.26. The van der Waals surface area contributed by atoms with E-state index in [9.17, 15) is 4.79 Å². The molecule has 0 aromatic carbocycles. The summed E-state index contributed by atoms with van der Waals surface area (Å²) >= 11 is 0. The van der Waals surface area contributed by atoms with Gasteiger partial charge in [-0.1, -0.05) is 13.8 Å². The fraction of sp³-hybridized carbons (Fsp3) is 0.923. The topological polar surface area (TPSA) is 38.3 Å². The van der Waals surface area contributed by atoms with E-state index in [1.807, 2.05) is 13.8 Å². The molecule has 0 aliphatic heterocycles.